The van der Waals surface area contributed by atoms with E-state index in [1.54, 1.807) is 6.26 Å². The molecule has 1 fully saturated rings. The van der Waals surface area contributed by atoms with E-state index >= 15 is 0 Å². The molecule has 178 valence electrons. The van der Waals surface area contributed by atoms with Gasteiger partial charge in [-0.05, 0) is 61.8 Å². The highest BCUT2D eigenvalue weighted by Gasteiger charge is 2.34. The molecule has 0 radical (unpaired) electrons. The van der Waals surface area contributed by atoms with Gasteiger partial charge < -0.3 is 14.3 Å². The molecule has 0 spiro atoms. The summed E-state index contributed by atoms with van der Waals surface area (Å²) >= 11 is 0. The topological polar surface area (TPSA) is 76.7 Å². The Balaban J connectivity index is 1.50. The van der Waals surface area contributed by atoms with E-state index in [2.05, 4.69) is 0 Å². The Labute approximate surface area is 202 Å². The van der Waals surface area contributed by atoms with E-state index in [-0.39, 0.29) is 12.2 Å². The minimum atomic E-state index is -1.06. The lowest BCUT2D eigenvalue weighted by molar-refractivity contribution is -0.137. The van der Waals surface area contributed by atoms with Crippen LogP contribution in [0.25, 0.3) is 11.3 Å². The molecule has 3 aromatic rings. The highest BCUT2D eigenvalue weighted by molar-refractivity contribution is 5.99. The molecule has 0 aliphatic heterocycles. The van der Waals surface area contributed by atoms with E-state index < -0.39 is 17.8 Å². The summed E-state index contributed by atoms with van der Waals surface area (Å²) in [5, 5.41) is 8.78. The molecule has 1 heterocycles. The van der Waals surface area contributed by atoms with Crippen LogP contribution >= 0.6 is 0 Å². The van der Waals surface area contributed by atoms with Crippen LogP contribution in [0, 0.1) is 5.92 Å². The number of ketones is 1. The van der Waals surface area contributed by atoms with Crippen molar-refractivity contribution in [2.45, 2.75) is 57.3 Å². The van der Waals surface area contributed by atoms with Crippen molar-refractivity contribution in [3.8, 4) is 17.1 Å². The number of hydrogen-bond acceptors (Lipinski definition) is 4. The average molecular weight is 462 g/mol. The quantitative estimate of drug-likeness (QED) is 0.243. The first-order chi connectivity index (χ1) is 17.0. The lowest BCUT2D eigenvalue weighted by atomic mass is 9.72. The molecule has 4 rings (SSSR count). The third kappa shape index (κ3) is 5.96. The Morgan fingerprint density at radius 3 is 2.53 bits per heavy atom. The van der Waals surface area contributed by atoms with Gasteiger partial charge in [-0.1, -0.05) is 55.3 Å². The molecule has 0 bridgehead atoms. The number of furan rings is 1. The number of carboxylic acid groups (broad SMARTS) is 1. The van der Waals surface area contributed by atoms with Gasteiger partial charge in [0, 0.05) is 24.8 Å². The number of carboxylic acids is 1. The highest BCUT2D eigenvalue weighted by Crippen LogP contribution is 2.43. The van der Waals surface area contributed by atoms with E-state index in [0.29, 0.717) is 37.2 Å². The number of hydrogen-bond donors (Lipinski definition) is 1. The third-order valence-corrected chi connectivity index (χ3v) is 6.43. The number of carbonyl (C=O) groups excluding carboxylic acids is 1. The first kappa shape index (κ1) is 22.5. The molecule has 5 heteroatoms. The SMILES string of the molecule is [2H]C1(c2ccccc2OCCCCCC(=O)O)CCCCC1C(=O)c1ccc(-c2ccco2)cc1. The van der Waals surface area contributed by atoms with Gasteiger partial charge in [0.05, 0.1) is 12.9 Å². The van der Waals surface area contributed by atoms with Crippen LogP contribution in [-0.2, 0) is 4.79 Å². The Morgan fingerprint density at radius 1 is 0.971 bits per heavy atom. The summed E-state index contributed by atoms with van der Waals surface area (Å²) in [6.07, 6.45) is 7.03. The first-order valence-corrected chi connectivity index (χ1v) is 12.1. The second-order valence-electron chi connectivity index (χ2n) is 8.79. The third-order valence-electron chi connectivity index (χ3n) is 6.43. The second-order valence-corrected chi connectivity index (χ2v) is 8.79. The molecule has 0 saturated heterocycles. The number of rotatable bonds is 11. The van der Waals surface area contributed by atoms with Gasteiger partial charge in [0.2, 0.25) is 0 Å². The van der Waals surface area contributed by atoms with E-state index in [1.807, 2.05) is 60.7 Å². The molecule has 1 aromatic heterocycles. The fourth-order valence-corrected chi connectivity index (χ4v) is 4.66. The summed E-state index contributed by atoms with van der Waals surface area (Å²) in [7, 11) is 0. The maximum absolute atomic E-state index is 13.7. The zero-order valence-electron chi connectivity index (χ0n) is 20.4. The minimum Gasteiger partial charge on any atom is -0.493 e. The molecule has 2 atom stereocenters. The summed E-state index contributed by atoms with van der Waals surface area (Å²) in [6, 6.07) is 18.7. The summed E-state index contributed by atoms with van der Waals surface area (Å²) in [6.45, 7) is 0.458. The van der Waals surface area contributed by atoms with Gasteiger partial charge in [0.15, 0.2) is 5.78 Å². The summed E-state index contributed by atoms with van der Waals surface area (Å²) in [5.74, 6) is -0.898. The normalized spacial score (nSPS) is 20.5. The van der Waals surface area contributed by atoms with E-state index in [0.717, 1.165) is 42.6 Å². The van der Waals surface area contributed by atoms with E-state index in [4.69, 9.17) is 14.3 Å². The van der Waals surface area contributed by atoms with Gasteiger partial charge >= 0.3 is 5.97 Å². The highest BCUT2D eigenvalue weighted by atomic mass is 16.5. The van der Waals surface area contributed by atoms with Gasteiger partial charge in [-0.2, -0.15) is 0 Å². The molecule has 1 saturated carbocycles. The lowest BCUT2D eigenvalue weighted by Gasteiger charge is -2.32. The number of benzene rings is 2. The van der Waals surface area contributed by atoms with Crippen molar-refractivity contribution in [1.82, 2.24) is 0 Å². The second kappa shape index (κ2) is 11.7. The predicted molar refractivity (Wildman–Crippen MR) is 131 cm³/mol. The van der Waals surface area contributed by atoms with Gasteiger partial charge in [0.25, 0.3) is 0 Å². The number of Topliss-reactive ketones (excluding diaryl/α,β-unsaturated/α-hetero) is 1. The zero-order chi connectivity index (χ0) is 24.7. The van der Waals surface area contributed by atoms with Gasteiger partial charge in [0.1, 0.15) is 11.5 Å². The van der Waals surface area contributed by atoms with Crippen molar-refractivity contribution in [2.24, 2.45) is 5.92 Å². The molecule has 0 amide bonds. The summed E-state index contributed by atoms with van der Waals surface area (Å²) < 4.78 is 21.0. The Bertz CT molecular complexity index is 1120. The Hall–Kier alpha value is -3.34. The van der Waals surface area contributed by atoms with Crippen molar-refractivity contribution >= 4 is 11.8 Å². The standard InChI is InChI=1S/C29H32O5/c30-28(31)14-2-1-7-19-34-27-12-6-5-10-24(27)23-9-3-4-11-25(23)29(32)22-17-15-21(16-18-22)26-13-8-20-33-26/h5-6,8,10,12-13,15-18,20,23,25H,1-4,7,9,11,14,19H2,(H,30,31)/i23D. The predicted octanol–water partition coefficient (Wildman–Crippen LogP) is 7.13. The molecular formula is C29H32O5. The molecule has 2 aromatic carbocycles. The van der Waals surface area contributed by atoms with Crippen LogP contribution in [0.1, 0.15) is 74.6 Å². The van der Waals surface area contributed by atoms with Crippen molar-refractivity contribution in [1.29, 1.82) is 0 Å². The number of unbranched alkanes of at least 4 members (excludes halogenated alkanes) is 2. The fourth-order valence-electron chi connectivity index (χ4n) is 4.66. The van der Waals surface area contributed by atoms with Crippen LogP contribution in [-0.4, -0.2) is 23.5 Å². The zero-order valence-corrected chi connectivity index (χ0v) is 19.4. The molecule has 1 aliphatic rings. The van der Waals surface area contributed by atoms with Gasteiger partial charge in [-0.15, -0.1) is 0 Å². The first-order valence-electron chi connectivity index (χ1n) is 12.6. The number of aliphatic carboxylic acids is 1. The number of para-hydroxylation sites is 1. The minimum absolute atomic E-state index is 0.00540. The monoisotopic (exact) mass is 461 g/mol. The maximum Gasteiger partial charge on any atom is 0.303 e. The van der Waals surface area contributed by atoms with Crippen LogP contribution < -0.4 is 4.74 Å². The molecular weight excluding hydrogens is 428 g/mol. The summed E-state index contributed by atoms with van der Waals surface area (Å²) in [4.78, 5) is 24.3. The maximum atomic E-state index is 13.7. The number of carbonyl (C=O) groups is 2. The fraction of sp³-hybridized carbons (Fsp3) is 0.379. The molecule has 34 heavy (non-hydrogen) atoms. The number of ether oxygens (including phenoxy) is 1. The van der Waals surface area contributed by atoms with Crippen molar-refractivity contribution in [2.75, 3.05) is 6.61 Å². The largest absolute Gasteiger partial charge is 0.493 e. The van der Waals surface area contributed by atoms with Crippen LogP contribution in [0.3, 0.4) is 0 Å². The Morgan fingerprint density at radius 2 is 1.76 bits per heavy atom. The van der Waals surface area contributed by atoms with Crippen LogP contribution in [0.15, 0.2) is 71.3 Å². The van der Waals surface area contributed by atoms with Crippen molar-refractivity contribution in [3.05, 3.63) is 78.1 Å². The summed E-state index contributed by atoms with van der Waals surface area (Å²) in [5.41, 5.74) is 2.28. The van der Waals surface area contributed by atoms with Crippen LogP contribution in [0.4, 0.5) is 0 Å². The van der Waals surface area contributed by atoms with Crippen molar-refractivity contribution in [3.63, 3.8) is 0 Å². The molecule has 5 nitrogen and oxygen atoms in total. The van der Waals surface area contributed by atoms with E-state index in [9.17, 15) is 11.0 Å². The molecule has 2 unspecified atom stereocenters. The van der Waals surface area contributed by atoms with Crippen LogP contribution in [0.2, 0.25) is 0 Å². The van der Waals surface area contributed by atoms with Crippen molar-refractivity contribution < 1.29 is 25.2 Å². The van der Waals surface area contributed by atoms with Gasteiger partial charge in [-0.3, -0.25) is 9.59 Å². The average Bonchev–Trinajstić information content (AvgIpc) is 3.41. The van der Waals surface area contributed by atoms with Crippen LogP contribution in [0.5, 0.6) is 5.75 Å². The van der Waals surface area contributed by atoms with Gasteiger partial charge in [-0.25, -0.2) is 0 Å². The lowest BCUT2D eigenvalue weighted by Crippen LogP contribution is -2.26. The van der Waals surface area contributed by atoms with E-state index in [1.165, 1.54) is 0 Å². The molecule has 1 aliphatic carbocycles. The Kier molecular flexibility index (Phi) is 7.72. The smallest absolute Gasteiger partial charge is 0.303 e. The molecule has 1 N–H and O–H groups in total.